The highest BCUT2D eigenvalue weighted by molar-refractivity contribution is 9.10. The lowest BCUT2D eigenvalue weighted by molar-refractivity contribution is 0.458. The van der Waals surface area contributed by atoms with E-state index in [1.165, 1.54) is 18.3 Å². The number of pyridine rings is 1. The normalized spacial score (nSPS) is 10.3. The van der Waals surface area contributed by atoms with Crippen molar-refractivity contribution in [3.63, 3.8) is 0 Å². The van der Waals surface area contributed by atoms with Crippen LogP contribution in [-0.2, 0) is 0 Å². The Morgan fingerprint density at radius 3 is 2.76 bits per heavy atom. The molecule has 2 aromatic rings. The Balaban J connectivity index is 2.28. The second-order valence-corrected chi connectivity index (χ2v) is 4.55. The fourth-order valence-corrected chi connectivity index (χ4v) is 1.83. The number of benzene rings is 1. The van der Waals surface area contributed by atoms with Gasteiger partial charge in [0.15, 0.2) is 0 Å². The van der Waals surface area contributed by atoms with Crippen LogP contribution in [0.2, 0.25) is 5.02 Å². The van der Waals surface area contributed by atoms with Gasteiger partial charge >= 0.3 is 0 Å². The molecule has 0 radical (unpaired) electrons. The summed E-state index contributed by atoms with van der Waals surface area (Å²) >= 11 is 9.14. The van der Waals surface area contributed by atoms with Gasteiger partial charge in [0.2, 0.25) is 5.88 Å². The minimum Gasteiger partial charge on any atom is -0.437 e. The molecule has 0 amide bonds. The van der Waals surface area contributed by atoms with E-state index in [2.05, 4.69) is 20.9 Å². The maximum atomic E-state index is 13.2. The fraction of sp³-hybridized carbons (Fsp3) is 0. The summed E-state index contributed by atoms with van der Waals surface area (Å²) in [5, 5.41) is 0.330. The zero-order valence-corrected chi connectivity index (χ0v) is 10.8. The van der Waals surface area contributed by atoms with Crippen LogP contribution in [0.1, 0.15) is 0 Å². The van der Waals surface area contributed by atoms with Crippen LogP contribution in [0.25, 0.3) is 0 Å². The van der Waals surface area contributed by atoms with E-state index in [0.717, 1.165) is 4.47 Å². The Morgan fingerprint density at radius 2 is 2.12 bits per heavy atom. The van der Waals surface area contributed by atoms with Crippen LogP contribution in [0.3, 0.4) is 0 Å². The highest BCUT2D eigenvalue weighted by Crippen LogP contribution is 2.30. The first kappa shape index (κ1) is 12.1. The Bertz CT molecular complexity index is 565. The predicted octanol–water partition coefficient (Wildman–Crippen LogP) is 4.01. The van der Waals surface area contributed by atoms with E-state index in [-0.39, 0.29) is 17.3 Å². The third kappa shape index (κ3) is 2.87. The van der Waals surface area contributed by atoms with Crippen molar-refractivity contribution in [1.82, 2.24) is 4.98 Å². The molecule has 0 unspecified atom stereocenters. The molecule has 0 fully saturated rings. The highest BCUT2D eigenvalue weighted by Gasteiger charge is 2.07. The lowest BCUT2D eigenvalue weighted by Gasteiger charge is -2.07. The van der Waals surface area contributed by atoms with Crippen molar-refractivity contribution in [2.24, 2.45) is 0 Å². The van der Waals surface area contributed by atoms with E-state index in [1.54, 1.807) is 12.1 Å². The number of nitrogens with zero attached hydrogens (tertiary/aromatic N) is 1. The largest absolute Gasteiger partial charge is 0.437 e. The summed E-state index contributed by atoms with van der Waals surface area (Å²) in [6.45, 7) is 0. The van der Waals surface area contributed by atoms with Gasteiger partial charge in [-0.2, -0.15) is 0 Å². The minimum absolute atomic E-state index is 0.0622. The SMILES string of the molecule is Nc1ccc(Oc2ncc(Br)cc2Cl)cc1F. The number of nitrogens with two attached hydrogens (primary N) is 1. The van der Waals surface area contributed by atoms with Gasteiger partial charge in [0.1, 0.15) is 16.6 Å². The van der Waals surface area contributed by atoms with E-state index in [0.29, 0.717) is 5.02 Å². The lowest BCUT2D eigenvalue weighted by Crippen LogP contribution is -1.93. The topological polar surface area (TPSA) is 48.1 Å². The van der Waals surface area contributed by atoms with Crippen molar-refractivity contribution in [1.29, 1.82) is 0 Å². The van der Waals surface area contributed by atoms with Gasteiger partial charge in [-0.1, -0.05) is 11.6 Å². The van der Waals surface area contributed by atoms with Crippen LogP contribution in [0.15, 0.2) is 34.9 Å². The summed E-state index contributed by atoms with van der Waals surface area (Å²) < 4.78 is 19.3. The van der Waals surface area contributed by atoms with E-state index in [4.69, 9.17) is 22.1 Å². The van der Waals surface area contributed by atoms with Crippen LogP contribution < -0.4 is 10.5 Å². The Hall–Kier alpha value is -1.33. The number of nitrogen functional groups attached to an aromatic ring is 1. The maximum Gasteiger partial charge on any atom is 0.238 e. The zero-order valence-electron chi connectivity index (χ0n) is 8.45. The van der Waals surface area contributed by atoms with E-state index < -0.39 is 5.82 Å². The average Bonchev–Trinajstić information content (AvgIpc) is 2.27. The van der Waals surface area contributed by atoms with Crippen molar-refractivity contribution >= 4 is 33.2 Å². The molecule has 0 aliphatic rings. The van der Waals surface area contributed by atoms with Crippen LogP contribution in [0, 0.1) is 5.82 Å². The molecule has 17 heavy (non-hydrogen) atoms. The number of halogens is 3. The minimum atomic E-state index is -0.546. The summed E-state index contributed by atoms with van der Waals surface area (Å²) in [6.07, 6.45) is 1.54. The van der Waals surface area contributed by atoms with E-state index in [1.807, 2.05) is 0 Å². The summed E-state index contributed by atoms with van der Waals surface area (Å²) in [7, 11) is 0. The molecule has 0 saturated heterocycles. The Kier molecular flexibility index (Phi) is 3.49. The number of aromatic nitrogens is 1. The second kappa shape index (κ2) is 4.89. The molecule has 6 heteroatoms. The van der Waals surface area contributed by atoms with Crippen molar-refractivity contribution in [2.75, 3.05) is 5.73 Å². The average molecular weight is 318 g/mol. The van der Waals surface area contributed by atoms with E-state index >= 15 is 0 Å². The van der Waals surface area contributed by atoms with Crippen molar-refractivity contribution < 1.29 is 9.13 Å². The smallest absolute Gasteiger partial charge is 0.238 e. The quantitative estimate of drug-likeness (QED) is 0.851. The molecular weight excluding hydrogens is 310 g/mol. The number of ether oxygens (including phenoxy) is 1. The van der Waals surface area contributed by atoms with Gasteiger partial charge in [-0.25, -0.2) is 9.37 Å². The number of hydrogen-bond acceptors (Lipinski definition) is 3. The monoisotopic (exact) mass is 316 g/mol. The second-order valence-electron chi connectivity index (χ2n) is 3.23. The van der Waals surface area contributed by atoms with Gasteiger partial charge in [0, 0.05) is 16.7 Å². The summed E-state index contributed by atoms with van der Waals surface area (Å²) in [5.41, 5.74) is 5.42. The first-order valence-electron chi connectivity index (χ1n) is 4.60. The molecule has 0 saturated carbocycles. The van der Waals surface area contributed by atoms with Gasteiger partial charge in [-0.3, -0.25) is 0 Å². The first-order chi connectivity index (χ1) is 8.06. The number of rotatable bonds is 2. The van der Waals surface area contributed by atoms with Crippen LogP contribution in [-0.4, -0.2) is 4.98 Å². The summed E-state index contributed by atoms with van der Waals surface area (Å²) in [4.78, 5) is 3.97. The fourth-order valence-electron chi connectivity index (χ4n) is 1.16. The predicted molar refractivity (Wildman–Crippen MR) is 67.8 cm³/mol. The van der Waals surface area contributed by atoms with Crippen molar-refractivity contribution in [3.8, 4) is 11.6 Å². The molecule has 2 N–H and O–H groups in total. The van der Waals surface area contributed by atoms with Gasteiger partial charge in [-0.05, 0) is 34.1 Å². The van der Waals surface area contributed by atoms with Crippen LogP contribution in [0.5, 0.6) is 11.6 Å². The van der Waals surface area contributed by atoms with Crippen LogP contribution >= 0.6 is 27.5 Å². The highest BCUT2D eigenvalue weighted by atomic mass is 79.9. The van der Waals surface area contributed by atoms with Gasteiger partial charge in [0.05, 0.1) is 5.69 Å². The molecule has 0 aliphatic carbocycles. The lowest BCUT2D eigenvalue weighted by atomic mass is 10.3. The Labute approximate surface area is 110 Å². The molecule has 1 aromatic carbocycles. The van der Waals surface area contributed by atoms with Crippen LogP contribution in [0.4, 0.5) is 10.1 Å². The third-order valence-corrected chi connectivity index (χ3v) is 2.66. The van der Waals surface area contributed by atoms with Crippen molar-refractivity contribution in [2.45, 2.75) is 0 Å². The maximum absolute atomic E-state index is 13.2. The zero-order chi connectivity index (χ0) is 12.4. The standard InChI is InChI=1S/C11H7BrClFN2O/c12-6-3-8(13)11(16-5-6)17-7-1-2-10(15)9(14)4-7/h1-5H,15H2. The molecule has 0 aliphatic heterocycles. The van der Waals surface area contributed by atoms with Gasteiger partial charge in [0.25, 0.3) is 0 Å². The molecule has 88 valence electrons. The third-order valence-electron chi connectivity index (χ3n) is 1.96. The molecule has 0 atom stereocenters. The first-order valence-corrected chi connectivity index (χ1v) is 5.77. The van der Waals surface area contributed by atoms with Crippen molar-refractivity contribution in [3.05, 3.63) is 45.8 Å². The Morgan fingerprint density at radius 1 is 1.35 bits per heavy atom. The molecule has 0 bridgehead atoms. The number of anilines is 1. The molecule has 2 rings (SSSR count). The molecule has 0 spiro atoms. The van der Waals surface area contributed by atoms with Gasteiger partial charge < -0.3 is 10.5 Å². The number of hydrogen-bond donors (Lipinski definition) is 1. The van der Waals surface area contributed by atoms with E-state index in [9.17, 15) is 4.39 Å². The molecule has 1 heterocycles. The van der Waals surface area contributed by atoms with Gasteiger partial charge in [-0.15, -0.1) is 0 Å². The molecular formula is C11H7BrClFN2O. The summed E-state index contributed by atoms with van der Waals surface area (Å²) in [5.74, 6) is -0.0526. The molecule has 1 aromatic heterocycles. The molecule has 3 nitrogen and oxygen atoms in total. The summed E-state index contributed by atoms with van der Waals surface area (Å²) in [6, 6.07) is 5.77.